The zero-order valence-corrected chi connectivity index (χ0v) is 16.5. The number of anilines is 1. The Hall–Kier alpha value is -2.92. The van der Waals surface area contributed by atoms with Crippen molar-refractivity contribution in [2.75, 3.05) is 11.9 Å². The van der Waals surface area contributed by atoms with E-state index in [0.29, 0.717) is 13.0 Å². The normalized spacial score (nSPS) is 18.2. The first-order chi connectivity index (χ1) is 13.6. The van der Waals surface area contributed by atoms with Crippen LogP contribution in [0.3, 0.4) is 0 Å². The summed E-state index contributed by atoms with van der Waals surface area (Å²) in [4.78, 5) is 29.1. The number of benzene rings is 2. The third kappa shape index (κ3) is 3.34. The molecule has 1 aliphatic rings. The molecule has 2 amide bonds. The molecule has 0 saturated heterocycles. The second-order valence-electron chi connectivity index (χ2n) is 7.16. The van der Waals surface area contributed by atoms with E-state index < -0.39 is 5.41 Å². The Morgan fingerprint density at radius 1 is 1.04 bits per heavy atom. The maximum absolute atomic E-state index is 13.4. The number of fused-ring (bicyclic) bond motifs is 1. The van der Waals surface area contributed by atoms with E-state index in [0.717, 1.165) is 21.7 Å². The fourth-order valence-corrected chi connectivity index (χ4v) is 4.64. The van der Waals surface area contributed by atoms with Crippen molar-refractivity contribution in [2.45, 2.75) is 24.8 Å². The third-order valence-corrected chi connectivity index (χ3v) is 6.22. The summed E-state index contributed by atoms with van der Waals surface area (Å²) < 4.78 is 0. The van der Waals surface area contributed by atoms with Crippen molar-refractivity contribution in [1.82, 2.24) is 5.32 Å². The summed E-state index contributed by atoms with van der Waals surface area (Å²) in [7, 11) is 1.79. The highest BCUT2D eigenvalue weighted by atomic mass is 32.1. The van der Waals surface area contributed by atoms with Gasteiger partial charge in [0.15, 0.2) is 0 Å². The van der Waals surface area contributed by atoms with Crippen molar-refractivity contribution >= 4 is 28.8 Å². The largest absolute Gasteiger partial charge is 0.351 e. The molecule has 5 heteroatoms. The van der Waals surface area contributed by atoms with Gasteiger partial charge in [0.05, 0.1) is 12.0 Å². The van der Waals surface area contributed by atoms with Gasteiger partial charge in [-0.05, 0) is 35.1 Å². The summed E-state index contributed by atoms with van der Waals surface area (Å²) in [5.41, 5.74) is 1.98. The smallest absolute Gasteiger partial charge is 0.238 e. The van der Waals surface area contributed by atoms with Crippen molar-refractivity contribution in [3.63, 3.8) is 0 Å². The van der Waals surface area contributed by atoms with Crippen molar-refractivity contribution in [3.8, 4) is 0 Å². The minimum Gasteiger partial charge on any atom is -0.351 e. The van der Waals surface area contributed by atoms with Gasteiger partial charge >= 0.3 is 0 Å². The van der Waals surface area contributed by atoms with E-state index >= 15 is 0 Å². The number of amides is 2. The monoisotopic (exact) mass is 390 g/mol. The summed E-state index contributed by atoms with van der Waals surface area (Å²) in [6, 6.07) is 21.7. The van der Waals surface area contributed by atoms with Crippen molar-refractivity contribution in [1.29, 1.82) is 0 Å². The number of carbonyl (C=O) groups is 2. The topological polar surface area (TPSA) is 49.4 Å². The van der Waals surface area contributed by atoms with Crippen LogP contribution in [0.4, 0.5) is 5.69 Å². The first-order valence-corrected chi connectivity index (χ1v) is 10.2. The number of hydrogen-bond acceptors (Lipinski definition) is 3. The molecule has 28 heavy (non-hydrogen) atoms. The number of nitrogens with zero attached hydrogens (tertiary/aromatic N) is 1. The van der Waals surface area contributed by atoms with Gasteiger partial charge < -0.3 is 10.2 Å². The lowest BCUT2D eigenvalue weighted by molar-refractivity contribution is -0.129. The summed E-state index contributed by atoms with van der Waals surface area (Å²) >= 11 is 1.61. The van der Waals surface area contributed by atoms with E-state index in [-0.39, 0.29) is 18.2 Å². The van der Waals surface area contributed by atoms with E-state index in [1.807, 2.05) is 72.1 Å². The zero-order chi connectivity index (χ0) is 19.6. The fourth-order valence-electron chi connectivity index (χ4n) is 4.00. The lowest BCUT2D eigenvalue weighted by atomic mass is 9.73. The van der Waals surface area contributed by atoms with Crippen LogP contribution in [-0.2, 0) is 28.0 Å². The predicted octanol–water partition coefficient (Wildman–Crippen LogP) is 3.91. The molecule has 0 spiro atoms. The van der Waals surface area contributed by atoms with Crippen LogP contribution >= 0.6 is 11.3 Å². The van der Waals surface area contributed by atoms with Gasteiger partial charge in [0, 0.05) is 24.0 Å². The molecule has 3 aromatic rings. The zero-order valence-electron chi connectivity index (χ0n) is 15.7. The number of carbonyl (C=O) groups excluding carboxylic acids is 2. The molecular weight excluding hydrogens is 368 g/mol. The van der Waals surface area contributed by atoms with Crippen LogP contribution < -0.4 is 10.2 Å². The van der Waals surface area contributed by atoms with Crippen LogP contribution in [0.25, 0.3) is 0 Å². The summed E-state index contributed by atoms with van der Waals surface area (Å²) in [5, 5.41) is 4.98. The van der Waals surface area contributed by atoms with Crippen molar-refractivity contribution in [3.05, 3.63) is 88.1 Å². The molecule has 2 aromatic carbocycles. The second kappa shape index (κ2) is 7.60. The van der Waals surface area contributed by atoms with Crippen molar-refractivity contribution < 1.29 is 9.59 Å². The highest BCUT2D eigenvalue weighted by Gasteiger charge is 2.50. The first kappa shape index (κ1) is 18.4. The molecule has 142 valence electrons. The molecule has 2 heterocycles. The summed E-state index contributed by atoms with van der Waals surface area (Å²) in [5.74, 6) is -0.133. The molecule has 1 aromatic heterocycles. The van der Waals surface area contributed by atoms with Crippen LogP contribution in [0.1, 0.15) is 22.4 Å². The maximum Gasteiger partial charge on any atom is 0.238 e. The highest BCUT2D eigenvalue weighted by Crippen LogP contribution is 2.45. The number of thiophene rings is 1. The van der Waals surface area contributed by atoms with E-state index in [4.69, 9.17) is 0 Å². The van der Waals surface area contributed by atoms with Crippen molar-refractivity contribution in [2.24, 2.45) is 0 Å². The second-order valence-corrected chi connectivity index (χ2v) is 8.19. The van der Waals surface area contributed by atoms with Gasteiger partial charge in [0.2, 0.25) is 11.8 Å². The number of hydrogen-bond donors (Lipinski definition) is 1. The molecule has 1 N–H and O–H groups in total. The Labute approximate surface area is 168 Å². The molecule has 0 saturated carbocycles. The minimum absolute atomic E-state index is 0.0242. The number of para-hydroxylation sites is 1. The van der Waals surface area contributed by atoms with Gasteiger partial charge in [-0.15, -0.1) is 11.3 Å². The first-order valence-electron chi connectivity index (χ1n) is 9.31. The van der Waals surface area contributed by atoms with Gasteiger partial charge in [0.25, 0.3) is 0 Å². The maximum atomic E-state index is 13.4. The van der Waals surface area contributed by atoms with Gasteiger partial charge in [-0.3, -0.25) is 9.59 Å². The molecule has 0 unspecified atom stereocenters. The Bertz CT molecular complexity index is 985. The average molecular weight is 391 g/mol. The van der Waals surface area contributed by atoms with Gasteiger partial charge in [0.1, 0.15) is 0 Å². The number of rotatable bonds is 6. The Morgan fingerprint density at radius 2 is 1.79 bits per heavy atom. The average Bonchev–Trinajstić information content (AvgIpc) is 3.31. The molecule has 0 aliphatic carbocycles. The Kier molecular flexibility index (Phi) is 5.01. The fraction of sp³-hybridized carbons (Fsp3) is 0.217. The molecular formula is C23H22N2O2S. The predicted molar refractivity (Wildman–Crippen MR) is 112 cm³/mol. The van der Waals surface area contributed by atoms with E-state index in [1.165, 1.54) is 0 Å². The lowest BCUT2D eigenvalue weighted by Gasteiger charge is -2.28. The van der Waals surface area contributed by atoms with Crippen LogP contribution in [0, 0.1) is 0 Å². The minimum atomic E-state index is -0.883. The summed E-state index contributed by atoms with van der Waals surface area (Å²) in [6.45, 7) is 0.490. The molecule has 4 rings (SSSR count). The Balaban J connectivity index is 1.66. The molecule has 0 bridgehead atoms. The van der Waals surface area contributed by atoms with E-state index in [1.54, 1.807) is 23.3 Å². The molecule has 1 aliphatic heterocycles. The summed E-state index contributed by atoms with van der Waals surface area (Å²) in [6.07, 6.45) is 0.633. The lowest BCUT2D eigenvalue weighted by Crippen LogP contribution is -2.44. The van der Waals surface area contributed by atoms with Crippen LogP contribution in [0.15, 0.2) is 72.1 Å². The number of likely N-dealkylation sites (N-methyl/N-ethyl adjacent to an activating group) is 1. The highest BCUT2D eigenvalue weighted by molar-refractivity contribution is 7.09. The van der Waals surface area contributed by atoms with Gasteiger partial charge in [-0.2, -0.15) is 0 Å². The van der Waals surface area contributed by atoms with Crippen LogP contribution in [-0.4, -0.2) is 18.9 Å². The molecule has 0 fully saturated rings. The quantitative estimate of drug-likeness (QED) is 0.694. The van der Waals surface area contributed by atoms with Gasteiger partial charge in [-0.1, -0.05) is 54.6 Å². The van der Waals surface area contributed by atoms with Gasteiger partial charge in [-0.25, -0.2) is 0 Å². The molecule has 4 nitrogen and oxygen atoms in total. The SMILES string of the molecule is CN1C(=O)[C@@](CC(=O)NCc2cccs2)(Cc2ccccc2)c2ccccc21. The molecule has 1 atom stereocenters. The standard InChI is InChI=1S/C23H22N2O2S/c1-25-20-12-6-5-11-19(20)23(22(25)27,14-17-8-3-2-4-9-17)15-21(26)24-16-18-10-7-13-28-18/h2-13H,14-16H2,1H3,(H,24,26)/t23-/m1/s1. The van der Waals surface area contributed by atoms with E-state index in [9.17, 15) is 9.59 Å². The Morgan fingerprint density at radius 3 is 2.54 bits per heavy atom. The van der Waals surface area contributed by atoms with Crippen LogP contribution in [0.5, 0.6) is 0 Å². The third-order valence-electron chi connectivity index (χ3n) is 5.35. The van der Waals surface area contributed by atoms with Crippen LogP contribution in [0.2, 0.25) is 0 Å². The number of nitrogens with one attached hydrogen (secondary N) is 1. The molecule has 0 radical (unpaired) electrons. The van der Waals surface area contributed by atoms with E-state index in [2.05, 4.69) is 5.32 Å².